The van der Waals surface area contributed by atoms with Crippen LogP contribution in [0.3, 0.4) is 0 Å². The van der Waals surface area contributed by atoms with Gasteiger partial charge < -0.3 is 19.5 Å². The van der Waals surface area contributed by atoms with Crippen molar-refractivity contribution in [3.8, 4) is 11.5 Å². The molecule has 0 fully saturated rings. The number of thiophene rings is 1. The third-order valence-electron chi connectivity index (χ3n) is 4.55. The van der Waals surface area contributed by atoms with E-state index in [1.165, 1.54) is 25.4 Å². The number of nitrogens with zero attached hydrogens (tertiary/aromatic N) is 1. The Morgan fingerprint density at radius 1 is 1.20 bits per heavy atom. The lowest BCUT2D eigenvalue weighted by molar-refractivity contribution is -0.114. The van der Waals surface area contributed by atoms with Crippen molar-refractivity contribution in [1.82, 2.24) is 4.98 Å². The van der Waals surface area contributed by atoms with Gasteiger partial charge in [-0.3, -0.25) is 9.78 Å². The van der Waals surface area contributed by atoms with Gasteiger partial charge in [0, 0.05) is 29.6 Å². The van der Waals surface area contributed by atoms with Crippen molar-refractivity contribution in [1.29, 1.82) is 0 Å². The molecule has 2 aromatic heterocycles. The number of rotatable bonds is 6. The Labute approximate surface area is 186 Å². The Morgan fingerprint density at radius 3 is 2.57 bits per heavy atom. The molecule has 30 heavy (non-hydrogen) atoms. The molecule has 158 valence electrons. The largest absolute Gasteiger partial charge is 0.496 e. The number of carbonyl (C=O) groups is 2. The number of carbonyl (C=O) groups excluding carboxylic acids is 2. The number of hydrogen-bond acceptors (Lipinski definition) is 7. The molecule has 0 saturated heterocycles. The van der Waals surface area contributed by atoms with Crippen LogP contribution in [0.4, 0.5) is 5.00 Å². The minimum atomic E-state index is -0.529. The summed E-state index contributed by atoms with van der Waals surface area (Å²) in [6, 6.07) is 3.59. The Bertz CT molecular complexity index is 1140. The molecule has 0 saturated carbocycles. The van der Waals surface area contributed by atoms with Crippen LogP contribution in [0.25, 0.3) is 10.1 Å². The highest BCUT2D eigenvalue weighted by molar-refractivity contribution is 9.10. The molecule has 7 nitrogen and oxygen atoms in total. The van der Waals surface area contributed by atoms with Crippen LogP contribution >= 0.6 is 27.3 Å². The predicted molar refractivity (Wildman–Crippen MR) is 120 cm³/mol. The lowest BCUT2D eigenvalue weighted by Gasteiger charge is -2.14. The SMILES string of the molecule is COC(=O)c1c(NC(C)=O)sc2c(OCc3ncc(C)c(OC)c3C)c(Br)ccc12. The van der Waals surface area contributed by atoms with Gasteiger partial charge in [0.05, 0.1) is 29.1 Å². The fourth-order valence-electron chi connectivity index (χ4n) is 3.16. The van der Waals surface area contributed by atoms with Crippen LogP contribution in [0.2, 0.25) is 0 Å². The molecule has 1 amide bonds. The molecule has 0 spiro atoms. The molecule has 2 heterocycles. The maximum Gasteiger partial charge on any atom is 0.341 e. The maximum absolute atomic E-state index is 12.4. The maximum atomic E-state index is 12.4. The van der Waals surface area contributed by atoms with Crippen LogP contribution in [0.15, 0.2) is 22.8 Å². The number of esters is 1. The van der Waals surface area contributed by atoms with E-state index < -0.39 is 5.97 Å². The first-order chi connectivity index (χ1) is 14.3. The Hall–Kier alpha value is -2.65. The number of fused-ring (bicyclic) bond motifs is 1. The number of ether oxygens (including phenoxy) is 3. The number of hydrogen-bond donors (Lipinski definition) is 1. The predicted octanol–water partition coefficient (Wildman–Crippen LogP) is 5.01. The molecule has 1 aromatic carbocycles. The van der Waals surface area contributed by atoms with Gasteiger partial charge in [-0.05, 0) is 35.8 Å². The molecule has 0 unspecified atom stereocenters. The first-order valence-corrected chi connectivity index (χ1v) is 10.6. The van der Waals surface area contributed by atoms with Crippen molar-refractivity contribution >= 4 is 54.2 Å². The average Bonchev–Trinajstić information content (AvgIpc) is 3.05. The molecule has 0 atom stereocenters. The summed E-state index contributed by atoms with van der Waals surface area (Å²) in [6.45, 7) is 5.46. The zero-order valence-electron chi connectivity index (χ0n) is 17.2. The molecule has 0 radical (unpaired) electrons. The summed E-state index contributed by atoms with van der Waals surface area (Å²) in [5.74, 6) is 0.525. The second-order valence-corrected chi connectivity index (χ2v) is 8.44. The summed E-state index contributed by atoms with van der Waals surface area (Å²) < 4.78 is 17.9. The zero-order valence-corrected chi connectivity index (χ0v) is 19.6. The van der Waals surface area contributed by atoms with Crippen molar-refractivity contribution in [2.24, 2.45) is 0 Å². The molecular formula is C21H21BrN2O5S. The van der Waals surface area contributed by atoms with Gasteiger partial charge in [-0.2, -0.15) is 0 Å². The van der Waals surface area contributed by atoms with Crippen molar-refractivity contribution in [3.05, 3.63) is 45.2 Å². The number of nitrogens with one attached hydrogen (secondary N) is 1. The second-order valence-electron chi connectivity index (χ2n) is 6.57. The summed E-state index contributed by atoms with van der Waals surface area (Å²) >= 11 is 4.77. The van der Waals surface area contributed by atoms with E-state index in [0.717, 1.165) is 27.0 Å². The first-order valence-electron chi connectivity index (χ1n) is 9.01. The molecule has 0 aliphatic carbocycles. The zero-order chi connectivity index (χ0) is 22.0. The average molecular weight is 493 g/mol. The van der Waals surface area contributed by atoms with E-state index in [4.69, 9.17) is 14.2 Å². The molecule has 3 aromatic rings. The van der Waals surface area contributed by atoms with Crippen LogP contribution in [0.1, 0.15) is 34.1 Å². The number of aryl methyl sites for hydroxylation is 1. The van der Waals surface area contributed by atoms with E-state index in [0.29, 0.717) is 26.4 Å². The van der Waals surface area contributed by atoms with Crippen LogP contribution in [0.5, 0.6) is 11.5 Å². The lowest BCUT2D eigenvalue weighted by Crippen LogP contribution is -2.09. The fraction of sp³-hybridized carbons (Fsp3) is 0.286. The summed E-state index contributed by atoms with van der Waals surface area (Å²) in [4.78, 5) is 28.5. The van der Waals surface area contributed by atoms with Gasteiger partial charge in [-0.25, -0.2) is 4.79 Å². The monoisotopic (exact) mass is 492 g/mol. The summed E-state index contributed by atoms with van der Waals surface area (Å²) in [6.07, 6.45) is 1.75. The third kappa shape index (κ3) is 4.13. The number of pyridine rings is 1. The van der Waals surface area contributed by atoms with Crippen molar-refractivity contribution in [2.75, 3.05) is 19.5 Å². The molecule has 3 rings (SSSR count). The Balaban J connectivity index is 2.06. The van der Waals surface area contributed by atoms with Gasteiger partial charge in [-0.15, -0.1) is 11.3 Å². The highest BCUT2D eigenvalue weighted by Gasteiger charge is 2.24. The normalized spacial score (nSPS) is 10.7. The van der Waals surface area contributed by atoms with E-state index in [1.54, 1.807) is 25.4 Å². The van der Waals surface area contributed by atoms with Gasteiger partial charge in [0.15, 0.2) is 5.75 Å². The molecule has 1 N–H and O–H groups in total. The number of benzene rings is 1. The number of amides is 1. The number of anilines is 1. The van der Waals surface area contributed by atoms with Gasteiger partial charge in [0.1, 0.15) is 22.9 Å². The fourth-order valence-corrected chi connectivity index (χ4v) is 4.97. The van der Waals surface area contributed by atoms with Crippen LogP contribution < -0.4 is 14.8 Å². The number of halogens is 1. The summed E-state index contributed by atoms with van der Waals surface area (Å²) in [7, 11) is 2.93. The standard InChI is InChI=1S/C21H21BrN2O5S/c1-10-8-23-15(11(2)17(10)27-4)9-29-18-14(22)7-6-13-16(21(26)28-5)20(24-12(3)25)30-19(13)18/h6-8H,9H2,1-5H3,(H,24,25). The highest BCUT2D eigenvalue weighted by atomic mass is 79.9. The molecule has 0 aliphatic heterocycles. The highest BCUT2D eigenvalue weighted by Crippen LogP contribution is 2.45. The lowest BCUT2D eigenvalue weighted by atomic mass is 10.1. The third-order valence-corrected chi connectivity index (χ3v) is 6.29. The van der Waals surface area contributed by atoms with Gasteiger partial charge in [0.25, 0.3) is 0 Å². The quantitative estimate of drug-likeness (QED) is 0.486. The van der Waals surface area contributed by atoms with E-state index in [-0.39, 0.29) is 12.5 Å². The van der Waals surface area contributed by atoms with E-state index in [9.17, 15) is 9.59 Å². The molecule has 0 bridgehead atoms. The second kappa shape index (κ2) is 9.01. The molecule has 9 heteroatoms. The molecular weight excluding hydrogens is 472 g/mol. The minimum absolute atomic E-state index is 0.209. The van der Waals surface area contributed by atoms with Crippen LogP contribution in [-0.4, -0.2) is 31.1 Å². The van der Waals surface area contributed by atoms with Crippen LogP contribution in [0, 0.1) is 13.8 Å². The topological polar surface area (TPSA) is 86.8 Å². The van der Waals surface area contributed by atoms with Crippen molar-refractivity contribution in [3.63, 3.8) is 0 Å². The van der Waals surface area contributed by atoms with Gasteiger partial charge in [0.2, 0.25) is 5.91 Å². The van der Waals surface area contributed by atoms with Crippen LogP contribution in [-0.2, 0) is 16.1 Å². The minimum Gasteiger partial charge on any atom is -0.496 e. The van der Waals surface area contributed by atoms with E-state index in [1.807, 2.05) is 13.8 Å². The van der Waals surface area contributed by atoms with Gasteiger partial charge in [-0.1, -0.05) is 6.07 Å². The number of methoxy groups -OCH3 is 2. The summed E-state index contributed by atoms with van der Waals surface area (Å²) in [5.41, 5.74) is 2.90. The molecule has 0 aliphatic rings. The first kappa shape index (κ1) is 22.0. The van der Waals surface area contributed by atoms with Crippen molar-refractivity contribution in [2.45, 2.75) is 27.4 Å². The van der Waals surface area contributed by atoms with Crippen molar-refractivity contribution < 1.29 is 23.8 Å². The smallest absolute Gasteiger partial charge is 0.341 e. The van der Waals surface area contributed by atoms with E-state index >= 15 is 0 Å². The number of aromatic nitrogens is 1. The summed E-state index contributed by atoms with van der Waals surface area (Å²) in [5, 5.41) is 3.76. The Kier molecular flexibility index (Phi) is 6.62. The van der Waals surface area contributed by atoms with E-state index in [2.05, 4.69) is 26.2 Å². The van der Waals surface area contributed by atoms with Gasteiger partial charge >= 0.3 is 5.97 Å². The Morgan fingerprint density at radius 2 is 1.93 bits per heavy atom.